The van der Waals surface area contributed by atoms with Crippen LogP contribution in [0.1, 0.15) is 53.2 Å². The van der Waals surface area contributed by atoms with Gasteiger partial charge in [0, 0.05) is 5.56 Å². The van der Waals surface area contributed by atoms with Crippen LogP contribution in [0.25, 0.3) is 0 Å². The SMILES string of the molecule is CC[C@]1(c2ccccc2)NC(=O)N(NC(=O)c2ccc3c(c2)CCCC3)C1=O. The molecule has 0 saturated carbocycles. The zero-order chi connectivity index (χ0) is 19.7. The van der Waals surface area contributed by atoms with Crippen molar-refractivity contribution in [3.63, 3.8) is 0 Å². The zero-order valence-corrected chi connectivity index (χ0v) is 15.8. The van der Waals surface area contributed by atoms with Crippen LogP contribution in [0.4, 0.5) is 4.79 Å². The average molecular weight is 377 g/mol. The van der Waals surface area contributed by atoms with Crippen molar-refractivity contribution < 1.29 is 14.4 Å². The number of rotatable bonds is 4. The van der Waals surface area contributed by atoms with Gasteiger partial charge in [0.2, 0.25) is 0 Å². The summed E-state index contributed by atoms with van der Waals surface area (Å²) in [6, 6.07) is 14.1. The minimum absolute atomic E-state index is 0.382. The number of benzene rings is 2. The fourth-order valence-electron chi connectivity index (χ4n) is 4.08. The van der Waals surface area contributed by atoms with Gasteiger partial charge in [-0.15, -0.1) is 0 Å². The minimum Gasteiger partial charge on any atom is -0.318 e. The maximum atomic E-state index is 13.1. The number of amides is 4. The second kappa shape index (κ2) is 7.11. The first-order chi connectivity index (χ1) is 13.5. The monoisotopic (exact) mass is 377 g/mol. The van der Waals surface area contributed by atoms with Gasteiger partial charge in [0.25, 0.3) is 11.8 Å². The molecule has 1 saturated heterocycles. The number of nitrogens with one attached hydrogen (secondary N) is 2. The van der Waals surface area contributed by atoms with Gasteiger partial charge < -0.3 is 5.32 Å². The van der Waals surface area contributed by atoms with Crippen molar-refractivity contribution in [2.75, 3.05) is 0 Å². The van der Waals surface area contributed by atoms with Crippen LogP contribution in [0, 0.1) is 0 Å². The highest BCUT2D eigenvalue weighted by molar-refractivity contribution is 6.09. The maximum absolute atomic E-state index is 13.1. The molecule has 1 fully saturated rings. The van der Waals surface area contributed by atoms with Crippen LogP contribution in [-0.2, 0) is 23.2 Å². The molecule has 4 amide bonds. The van der Waals surface area contributed by atoms with Gasteiger partial charge in [-0.2, -0.15) is 5.01 Å². The lowest BCUT2D eigenvalue weighted by atomic mass is 9.87. The summed E-state index contributed by atoms with van der Waals surface area (Å²) in [4.78, 5) is 38.3. The number of carbonyl (C=O) groups excluding carboxylic acids is 3. The van der Waals surface area contributed by atoms with Crippen molar-refractivity contribution in [3.05, 3.63) is 70.8 Å². The number of imide groups is 1. The maximum Gasteiger partial charge on any atom is 0.344 e. The Morgan fingerprint density at radius 2 is 1.79 bits per heavy atom. The second-order valence-electron chi connectivity index (χ2n) is 7.33. The highest BCUT2D eigenvalue weighted by Gasteiger charge is 2.52. The van der Waals surface area contributed by atoms with Crippen molar-refractivity contribution in [1.82, 2.24) is 15.8 Å². The van der Waals surface area contributed by atoms with Crippen LogP contribution >= 0.6 is 0 Å². The van der Waals surface area contributed by atoms with Gasteiger partial charge in [-0.05, 0) is 60.9 Å². The summed E-state index contributed by atoms with van der Waals surface area (Å²) >= 11 is 0. The van der Waals surface area contributed by atoms with Crippen molar-refractivity contribution in [1.29, 1.82) is 0 Å². The lowest BCUT2D eigenvalue weighted by Crippen LogP contribution is -2.48. The van der Waals surface area contributed by atoms with E-state index in [0.29, 0.717) is 17.5 Å². The number of fused-ring (bicyclic) bond motifs is 1. The highest BCUT2D eigenvalue weighted by atomic mass is 16.2. The molecule has 1 heterocycles. The second-order valence-corrected chi connectivity index (χ2v) is 7.33. The molecule has 2 aromatic carbocycles. The number of urea groups is 1. The Hall–Kier alpha value is -3.15. The number of aryl methyl sites for hydroxylation is 2. The van der Waals surface area contributed by atoms with E-state index in [2.05, 4.69) is 10.7 Å². The van der Waals surface area contributed by atoms with Crippen LogP contribution < -0.4 is 10.7 Å². The first-order valence-corrected chi connectivity index (χ1v) is 9.70. The minimum atomic E-state index is -1.17. The van der Waals surface area contributed by atoms with E-state index in [1.54, 1.807) is 18.2 Å². The van der Waals surface area contributed by atoms with Gasteiger partial charge in [-0.25, -0.2) is 4.79 Å². The Morgan fingerprint density at radius 3 is 2.50 bits per heavy atom. The number of carbonyl (C=O) groups is 3. The van der Waals surface area contributed by atoms with Gasteiger partial charge >= 0.3 is 6.03 Å². The Balaban J connectivity index is 1.57. The Kier molecular flexibility index (Phi) is 4.63. The Labute approximate surface area is 163 Å². The van der Waals surface area contributed by atoms with E-state index in [1.807, 2.05) is 37.3 Å². The van der Waals surface area contributed by atoms with E-state index >= 15 is 0 Å². The molecule has 0 radical (unpaired) electrons. The Bertz CT molecular complexity index is 941. The Morgan fingerprint density at radius 1 is 1.07 bits per heavy atom. The van der Waals surface area contributed by atoms with Crippen LogP contribution in [-0.4, -0.2) is 22.9 Å². The topological polar surface area (TPSA) is 78.5 Å². The van der Waals surface area contributed by atoms with E-state index in [4.69, 9.17) is 0 Å². The summed E-state index contributed by atoms with van der Waals surface area (Å²) in [5.74, 6) is -0.936. The third-order valence-electron chi connectivity index (χ3n) is 5.71. The molecular formula is C22H23N3O3. The molecule has 1 aliphatic carbocycles. The number of hydrogen-bond acceptors (Lipinski definition) is 3. The first-order valence-electron chi connectivity index (χ1n) is 9.70. The summed E-state index contributed by atoms with van der Waals surface area (Å²) in [6.45, 7) is 1.83. The largest absolute Gasteiger partial charge is 0.344 e. The third kappa shape index (κ3) is 2.95. The van der Waals surface area contributed by atoms with Gasteiger partial charge in [-0.1, -0.05) is 43.3 Å². The third-order valence-corrected chi connectivity index (χ3v) is 5.71. The van der Waals surface area contributed by atoms with Crippen molar-refractivity contribution in [3.8, 4) is 0 Å². The lowest BCUT2D eigenvalue weighted by molar-refractivity contribution is -0.133. The molecule has 1 atom stereocenters. The molecule has 2 N–H and O–H groups in total. The normalized spacial score (nSPS) is 21.2. The molecule has 0 spiro atoms. The van der Waals surface area contributed by atoms with E-state index in [1.165, 1.54) is 17.5 Å². The number of hydrogen-bond donors (Lipinski definition) is 2. The highest BCUT2D eigenvalue weighted by Crippen LogP contribution is 2.31. The first kappa shape index (κ1) is 18.2. The molecule has 0 bridgehead atoms. The van der Waals surface area contributed by atoms with Crippen molar-refractivity contribution >= 4 is 17.8 Å². The summed E-state index contributed by atoms with van der Waals surface area (Å²) in [6.07, 6.45) is 4.64. The quantitative estimate of drug-likeness (QED) is 0.804. The summed E-state index contributed by atoms with van der Waals surface area (Å²) in [7, 11) is 0. The van der Waals surface area contributed by atoms with E-state index < -0.39 is 23.4 Å². The van der Waals surface area contributed by atoms with Crippen LogP contribution in [0.3, 0.4) is 0 Å². The molecule has 2 aromatic rings. The van der Waals surface area contributed by atoms with Gasteiger partial charge in [0.1, 0.15) is 5.54 Å². The fourth-order valence-corrected chi connectivity index (χ4v) is 4.08. The number of hydrazine groups is 1. The lowest BCUT2D eigenvalue weighted by Gasteiger charge is -2.25. The summed E-state index contributed by atoms with van der Waals surface area (Å²) in [5.41, 5.74) is 4.92. The van der Waals surface area contributed by atoms with Crippen LogP contribution in [0.15, 0.2) is 48.5 Å². The predicted octanol–water partition coefficient (Wildman–Crippen LogP) is 3.07. The van der Waals surface area contributed by atoms with Crippen LogP contribution in [0.2, 0.25) is 0 Å². The molecule has 6 heteroatoms. The van der Waals surface area contributed by atoms with E-state index in [0.717, 1.165) is 24.3 Å². The summed E-state index contributed by atoms with van der Waals surface area (Å²) in [5, 5.41) is 3.57. The standard InChI is InChI=1S/C22H23N3O3/c1-2-22(18-10-4-3-5-11-18)20(27)25(21(28)23-22)24-19(26)17-13-12-15-8-6-7-9-16(15)14-17/h3-5,10-14H,2,6-9H2,1H3,(H,23,28)(H,24,26)/t22-/m1/s1. The molecule has 6 nitrogen and oxygen atoms in total. The molecule has 144 valence electrons. The summed E-state index contributed by atoms with van der Waals surface area (Å²) < 4.78 is 0. The molecule has 28 heavy (non-hydrogen) atoms. The average Bonchev–Trinajstić information content (AvgIpc) is 2.99. The van der Waals surface area contributed by atoms with Crippen molar-refractivity contribution in [2.24, 2.45) is 0 Å². The molecular weight excluding hydrogens is 354 g/mol. The molecule has 2 aliphatic rings. The van der Waals surface area contributed by atoms with Gasteiger partial charge in [0.15, 0.2) is 0 Å². The zero-order valence-electron chi connectivity index (χ0n) is 15.8. The molecule has 1 aliphatic heterocycles. The molecule has 4 rings (SSSR count). The van der Waals surface area contributed by atoms with Gasteiger partial charge in [-0.3, -0.25) is 15.0 Å². The van der Waals surface area contributed by atoms with E-state index in [9.17, 15) is 14.4 Å². The fraction of sp³-hybridized carbons (Fsp3) is 0.318. The van der Waals surface area contributed by atoms with E-state index in [-0.39, 0.29) is 0 Å². The smallest absolute Gasteiger partial charge is 0.318 e. The number of nitrogens with zero attached hydrogens (tertiary/aromatic N) is 1. The van der Waals surface area contributed by atoms with Gasteiger partial charge in [0.05, 0.1) is 0 Å². The van der Waals surface area contributed by atoms with Crippen molar-refractivity contribution in [2.45, 2.75) is 44.6 Å². The van der Waals surface area contributed by atoms with Crippen LogP contribution in [0.5, 0.6) is 0 Å². The predicted molar refractivity (Wildman–Crippen MR) is 104 cm³/mol. The molecule has 0 aromatic heterocycles. The molecule has 0 unspecified atom stereocenters.